The van der Waals surface area contributed by atoms with E-state index in [0.717, 1.165) is 30.4 Å². The van der Waals surface area contributed by atoms with Crippen molar-refractivity contribution in [3.05, 3.63) is 71.3 Å². The maximum atomic E-state index is 13.2. The van der Waals surface area contributed by atoms with Gasteiger partial charge in [0.25, 0.3) is 0 Å². The average Bonchev–Trinajstić information content (AvgIpc) is 2.66. The van der Waals surface area contributed by atoms with E-state index in [-0.39, 0.29) is 18.1 Å². The molecule has 1 N–H and O–H groups in total. The van der Waals surface area contributed by atoms with Crippen molar-refractivity contribution in [1.82, 2.24) is 5.32 Å². The summed E-state index contributed by atoms with van der Waals surface area (Å²) in [6.07, 6.45) is 2.85. The first kappa shape index (κ1) is 20.0. The van der Waals surface area contributed by atoms with Gasteiger partial charge in [-0.2, -0.15) is 0 Å². The van der Waals surface area contributed by atoms with E-state index in [0.29, 0.717) is 12.2 Å². The van der Waals surface area contributed by atoms with E-state index in [1.54, 1.807) is 0 Å². The molecule has 4 nitrogen and oxygen atoms in total. The van der Waals surface area contributed by atoms with Crippen LogP contribution in [-0.4, -0.2) is 31.7 Å². The number of carbonyl (C=O) groups is 1. The van der Waals surface area contributed by atoms with Gasteiger partial charge in [0.05, 0.1) is 18.8 Å². The van der Waals surface area contributed by atoms with Gasteiger partial charge in [0.15, 0.2) is 0 Å². The lowest BCUT2D eigenvalue weighted by Crippen LogP contribution is -2.41. The SMILES string of the molecule is CC1CN(c2cccc(C(C)NC(=O)/C=C/c3cc(F)cc(F)c3)c2)CCO1. The third kappa shape index (κ3) is 5.39. The second-order valence-electron chi connectivity index (χ2n) is 6.99. The summed E-state index contributed by atoms with van der Waals surface area (Å²) < 4.78 is 32.0. The molecule has 1 saturated heterocycles. The number of anilines is 1. The number of hydrogen-bond acceptors (Lipinski definition) is 3. The summed E-state index contributed by atoms with van der Waals surface area (Å²) in [5, 5.41) is 2.88. The van der Waals surface area contributed by atoms with Crippen molar-refractivity contribution in [2.75, 3.05) is 24.6 Å². The molecule has 2 atom stereocenters. The van der Waals surface area contributed by atoms with Crippen LogP contribution in [0.1, 0.15) is 31.0 Å². The zero-order valence-corrected chi connectivity index (χ0v) is 16.0. The second kappa shape index (κ2) is 8.97. The van der Waals surface area contributed by atoms with Crippen LogP contribution >= 0.6 is 0 Å². The third-order valence-electron chi connectivity index (χ3n) is 4.65. The summed E-state index contributed by atoms with van der Waals surface area (Å²) in [5.41, 5.74) is 2.37. The van der Waals surface area contributed by atoms with Gasteiger partial charge in [-0.3, -0.25) is 4.79 Å². The maximum Gasteiger partial charge on any atom is 0.244 e. The minimum Gasteiger partial charge on any atom is -0.375 e. The Kier molecular flexibility index (Phi) is 6.41. The van der Waals surface area contributed by atoms with Gasteiger partial charge in [0, 0.05) is 30.9 Å². The summed E-state index contributed by atoms with van der Waals surface area (Å²) in [6, 6.07) is 11.0. The fourth-order valence-corrected chi connectivity index (χ4v) is 3.23. The Morgan fingerprint density at radius 1 is 1.25 bits per heavy atom. The molecule has 6 heteroatoms. The molecule has 0 saturated carbocycles. The Hall–Kier alpha value is -2.73. The molecule has 0 aliphatic carbocycles. The van der Waals surface area contributed by atoms with Crippen LogP contribution in [0.5, 0.6) is 0 Å². The molecule has 1 aliphatic rings. The van der Waals surface area contributed by atoms with Crippen molar-refractivity contribution >= 4 is 17.7 Å². The van der Waals surface area contributed by atoms with Gasteiger partial charge < -0.3 is 15.0 Å². The normalized spacial score (nSPS) is 18.3. The molecule has 2 unspecified atom stereocenters. The number of morpholine rings is 1. The number of nitrogens with one attached hydrogen (secondary N) is 1. The van der Waals surface area contributed by atoms with Crippen molar-refractivity contribution in [2.45, 2.75) is 26.0 Å². The van der Waals surface area contributed by atoms with Gasteiger partial charge in [0.2, 0.25) is 5.91 Å². The van der Waals surface area contributed by atoms with Crippen LogP contribution < -0.4 is 10.2 Å². The lowest BCUT2D eigenvalue weighted by Gasteiger charge is -2.33. The highest BCUT2D eigenvalue weighted by atomic mass is 19.1. The summed E-state index contributed by atoms with van der Waals surface area (Å²) in [6.45, 7) is 6.31. The Labute approximate surface area is 163 Å². The highest BCUT2D eigenvalue weighted by molar-refractivity contribution is 5.92. The number of hydrogen-bond donors (Lipinski definition) is 1. The summed E-state index contributed by atoms with van der Waals surface area (Å²) in [5.74, 6) is -1.69. The molecule has 28 heavy (non-hydrogen) atoms. The van der Waals surface area contributed by atoms with Crippen LogP contribution in [0.4, 0.5) is 14.5 Å². The van der Waals surface area contributed by atoms with E-state index < -0.39 is 11.6 Å². The summed E-state index contributed by atoms with van der Waals surface area (Å²) in [4.78, 5) is 14.5. The van der Waals surface area contributed by atoms with Gasteiger partial charge in [-0.15, -0.1) is 0 Å². The van der Waals surface area contributed by atoms with E-state index in [9.17, 15) is 13.6 Å². The molecule has 0 aromatic heterocycles. The lowest BCUT2D eigenvalue weighted by atomic mass is 10.1. The molecular formula is C22H24F2N2O2. The first-order valence-corrected chi connectivity index (χ1v) is 9.32. The van der Waals surface area contributed by atoms with Crippen LogP contribution in [0.25, 0.3) is 6.08 Å². The minimum atomic E-state index is -0.678. The minimum absolute atomic E-state index is 0.187. The first-order chi connectivity index (χ1) is 13.4. The van der Waals surface area contributed by atoms with E-state index in [1.165, 1.54) is 24.3 Å². The van der Waals surface area contributed by atoms with Crippen molar-refractivity contribution in [1.29, 1.82) is 0 Å². The van der Waals surface area contributed by atoms with Crippen molar-refractivity contribution < 1.29 is 18.3 Å². The molecule has 2 aromatic carbocycles. The summed E-state index contributed by atoms with van der Waals surface area (Å²) in [7, 11) is 0. The molecule has 2 aromatic rings. The molecule has 1 heterocycles. The Bertz CT molecular complexity index is 849. The third-order valence-corrected chi connectivity index (χ3v) is 4.65. The van der Waals surface area contributed by atoms with Gasteiger partial charge in [-0.05, 0) is 55.3 Å². The quantitative estimate of drug-likeness (QED) is 0.788. The molecule has 0 bridgehead atoms. The highest BCUT2D eigenvalue weighted by Gasteiger charge is 2.18. The second-order valence-corrected chi connectivity index (χ2v) is 6.99. The molecule has 0 spiro atoms. The molecule has 1 amide bonds. The number of carbonyl (C=O) groups excluding carboxylic acids is 1. The zero-order valence-electron chi connectivity index (χ0n) is 16.0. The number of benzene rings is 2. The largest absolute Gasteiger partial charge is 0.375 e. The Morgan fingerprint density at radius 3 is 2.71 bits per heavy atom. The molecular weight excluding hydrogens is 362 g/mol. The van der Waals surface area contributed by atoms with E-state index in [2.05, 4.69) is 29.3 Å². The standard InChI is InChI=1S/C22H24F2N2O2/c1-15-14-26(8-9-28-15)21-5-3-4-18(12-21)16(2)25-22(27)7-6-17-10-19(23)13-20(24)11-17/h3-7,10-13,15-16H,8-9,14H2,1-2H3,(H,25,27)/b7-6+. The number of rotatable bonds is 5. The molecule has 0 radical (unpaired) electrons. The molecule has 1 fully saturated rings. The number of halogens is 2. The van der Waals surface area contributed by atoms with Gasteiger partial charge in [0.1, 0.15) is 11.6 Å². The molecule has 3 rings (SSSR count). The molecule has 148 valence electrons. The van der Waals surface area contributed by atoms with Crippen LogP contribution in [0.3, 0.4) is 0 Å². The van der Waals surface area contributed by atoms with Crippen LogP contribution in [-0.2, 0) is 9.53 Å². The van der Waals surface area contributed by atoms with Crippen LogP contribution in [0, 0.1) is 11.6 Å². The average molecular weight is 386 g/mol. The smallest absolute Gasteiger partial charge is 0.244 e. The van der Waals surface area contributed by atoms with Gasteiger partial charge in [-0.1, -0.05) is 12.1 Å². The van der Waals surface area contributed by atoms with E-state index >= 15 is 0 Å². The van der Waals surface area contributed by atoms with Crippen molar-refractivity contribution in [3.63, 3.8) is 0 Å². The lowest BCUT2D eigenvalue weighted by molar-refractivity contribution is -0.117. The van der Waals surface area contributed by atoms with Crippen LogP contribution in [0.15, 0.2) is 48.5 Å². The van der Waals surface area contributed by atoms with Crippen molar-refractivity contribution in [2.24, 2.45) is 0 Å². The number of ether oxygens (including phenoxy) is 1. The first-order valence-electron chi connectivity index (χ1n) is 9.32. The predicted octanol–water partition coefficient (Wildman–Crippen LogP) is 4.08. The molecule has 1 aliphatic heterocycles. The Morgan fingerprint density at radius 2 is 2.00 bits per heavy atom. The number of amides is 1. The highest BCUT2D eigenvalue weighted by Crippen LogP contribution is 2.22. The fourth-order valence-electron chi connectivity index (χ4n) is 3.23. The van der Waals surface area contributed by atoms with Gasteiger partial charge in [-0.25, -0.2) is 8.78 Å². The Balaban J connectivity index is 1.63. The van der Waals surface area contributed by atoms with Crippen molar-refractivity contribution in [3.8, 4) is 0 Å². The number of nitrogens with zero attached hydrogens (tertiary/aromatic N) is 1. The monoisotopic (exact) mass is 386 g/mol. The maximum absolute atomic E-state index is 13.2. The topological polar surface area (TPSA) is 41.6 Å². The van der Waals surface area contributed by atoms with E-state index in [1.807, 2.05) is 19.1 Å². The van der Waals surface area contributed by atoms with Gasteiger partial charge >= 0.3 is 0 Å². The van der Waals surface area contributed by atoms with E-state index in [4.69, 9.17) is 4.74 Å². The predicted molar refractivity (Wildman–Crippen MR) is 106 cm³/mol. The zero-order chi connectivity index (χ0) is 20.1. The fraction of sp³-hybridized carbons (Fsp3) is 0.318. The van der Waals surface area contributed by atoms with Crippen LogP contribution in [0.2, 0.25) is 0 Å². The summed E-state index contributed by atoms with van der Waals surface area (Å²) >= 11 is 0.